The zero-order valence-electron chi connectivity index (χ0n) is 23.3. The van der Waals surface area contributed by atoms with E-state index >= 15 is 0 Å². The molecule has 0 N–H and O–H groups in total. The normalized spacial score (nSPS) is 14.8. The summed E-state index contributed by atoms with van der Waals surface area (Å²) in [5, 5.41) is 9.09. The lowest BCUT2D eigenvalue weighted by Gasteiger charge is -2.26. The van der Waals surface area contributed by atoms with Gasteiger partial charge in [-0.15, -0.1) is 0 Å². The Morgan fingerprint density at radius 3 is 1.31 bits per heavy atom. The Balaban J connectivity index is 1.92. The number of hydrogen-bond donors (Lipinski definition) is 0. The van der Waals surface area contributed by atoms with Crippen LogP contribution in [0.15, 0.2) is 11.1 Å². The average Bonchev–Trinajstić information content (AvgIpc) is 3.44. The number of hydrogen-bond acceptors (Lipinski definition) is 0. The van der Waals surface area contributed by atoms with E-state index in [1.165, 1.54) is 93.5 Å². The fourth-order valence-electron chi connectivity index (χ4n) is 7.42. The first-order valence-electron chi connectivity index (χ1n) is 13.4. The zero-order chi connectivity index (χ0) is 25.1. The maximum Gasteiger partial charge on any atom is -0.00516 e. The van der Waals surface area contributed by atoms with Crippen LogP contribution in [0.25, 0.3) is 44.5 Å². The minimum Gasteiger partial charge on any atom is -0.0683 e. The van der Waals surface area contributed by atoms with Gasteiger partial charge in [0.2, 0.25) is 0 Å². The second-order valence-electron chi connectivity index (χ2n) is 11.5. The highest BCUT2D eigenvalue weighted by Crippen LogP contribution is 2.49. The molecule has 2 aliphatic carbocycles. The maximum atomic E-state index is 2.49. The third-order valence-corrected chi connectivity index (χ3v) is 9.86. The van der Waals surface area contributed by atoms with Crippen molar-refractivity contribution in [2.75, 3.05) is 0 Å². The van der Waals surface area contributed by atoms with Gasteiger partial charge in [0, 0.05) is 0 Å². The van der Waals surface area contributed by atoms with Crippen molar-refractivity contribution in [3.8, 4) is 0 Å². The summed E-state index contributed by atoms with van der Waals surface area (Å²) in [6.07, 6.45) is 8.25. The fourth-order valence-corrected chi connectivity index (χ4v) is 7.42. The lowest BCUT2D eigenvalue weighted by Crippen LogP contribution is -2.04. The van der Waals surface area contributed by atoms with E-state index in [2.05, 4.69) is 81.4 Å². The number of benzene rings is 4. The van der Waals surface area contributed by atoms with Crippen molar-refractivity contribution in [1.82, 2.24) is 0 Å². The molecule has 0 saturated carbocycles. The fraction of sp³-hybridized carbons (Fsp3) is 0.371. The van der Waals surface area contributed by atoms with E-state index in [-0.39, 0.29) is 0 Å². The SMILES string of the molecule is CCC1=Cc2c(C)c(C)c3c(c(C)c(C)c4c5c(C)c(C)c6c(c5c(C)c(C)c34)CC(C)=C6)c2C1. The summed E-state index contributed by atoms with van der Waals surface area (Å²) in [4.78, 5) is 0. The molecule has 4 aromatic carbocycles. The Morgan fingerprint density at radius 2 is 0.829 bits per heavy atom. The van der Waals surface area contributed by atoms with Gasteiger partial charge in [0.1, 0.15) is 0 Å². The van der Waals surface area contributed by atoms with E-state index in [4.69, 9.17) is 0 Å². The van der Waals surface area contributed by atoms with Crippen LogP contribution in [0.5, 0.6) is 0 Å². The molecule has 0 atom stereocenters. The molecular weight excluding hydrogens is 420 g/mol. The van der Waals surface area contributed by atoms with Crippen molar-refractivity contribution in [1.29, 1.82) is 0 Å². The van der Waals surface area contributed by atoms with Crippen molar-refractivity contribution >= 4 is 44.5 Å². The lowest BCUT2D eigenvalue weighted by molar-refractivity contribution is 1.04. The molecule has 35 heavy (non-hydrogen) atoms. The summed E-state index contributed by atoms with van der Waals surface area (Å²) in [6.45, 7) is 23.6. The predicted octanol–water partition coefficient (Wildman–Crippen LogP) is 9.92. The topological polar surface area (TPSA) is 0 Å². The van der Waals surface area contributed by atoms with Gasteiger partial charge in [0.15, 0.2) is 0 Å². The monoisotopic (exact) mass is 458 g/mol. The second kappa shape index (κ2) is 7.33. The van der Waals surface area contributed by atoms with Crippen LogP contribution in [0.4, 0.5) is 0 Å². The molecule has 0 amide bonds. The van der Waals surface area contributed by atoms with Gasteiger partial charge in [-0.3, -0.25) is 0 Å². The number of rotatable bonds is 1. The van der Waals surface area contributed by atoms with E-state index in [1.807, 2.05) is 0 Å². The summed E-state index contributed by atoms with van der Waals surface area (Å²) in [7, 11) is 0. The maximum absolute atomic E-state index is 2.49. The van der Waals surface area contributed by atoms with Crippen molar-refractivity contribution in [2.45, 2.75) is 88.5 Å². The molecular formula is C35H38. The van der Waals surface area contributed by atoms with Crippen LogP contribution in [-0.2, 0) is 12.8 Å². The van der Waals surface area contributed by atoms with Crippen molar-refractivity contribution in [3.05, 3.63) is 77.9 Å². The summed E-state index contributed by atoms with van der Waals surface area (Å²) < 4.78 is 0. The standard InChI is InChI=1S/C35H38/c1-11-25-14-27-18(4)20(6)33-31(29(27)15-25)22(8)24(10)34-32-19(5)17(3)26-12-16(2)13-28(26)30(32)21(7)23(9)35(33)34/h12,14H,11,13,15H2,1-10H3. The minimum absolute atomic E-state index is 1.08. The third-order valence-electron chi connectivity index (χ3n) is 9.86. The molecule has 0 spiro atoms. The first-order chi connectivity index (χ1) is 16.6. The van der Waals surface area contributed by atoms with E-state index in [0.717, 1.165) is 19.3 Å². The Bertz CT molecular complexity index is 1730. The van der Waals surface area contributed by atoms with Crippen LogP contribution < -0.4 is 0 Å². The first-order valence-corrected chi connectivity index (χ1v) is 13.4. The number of allylic oxidation sites excluding steroid dienone is 2. The summed E-state index contributed by atoms with van der Waals surface area (Å²) in [5.74, 6) is 0. The highest BCUT2D eigenvalue weighted by atomic mass is 14.3. The van der Waals surface area contributed by atoms with Crippen molar-refractivity contribution in [3.63, 3.8) is 0 Å². The molecule has 0 nitrogen and oxygen atoms in total. The average molecular weight is 459 g/mol. The number of fused-ring (bicyclic) bond motifs is 9. The molecule has 0 saturated heterocycles. The van der Waals surface area contributed by atoms with Gasteiger partial charge in [-0.25, -0.2) is 0 Å². The van der Waals surface area contributed by atoms with Gasteiger partial charge >= 0.3 is 0 Å². The third kappa shape index (κ3) is 2.69. The van der Waals surface area contributed by atoms with Gasteiger partial charge in [-0.05, 0) is 181 Å². The van der Waals surface area contributed by atoms with Gasteiger partial charge in [0.05, 0.1) is 0 Å². The van der Waals surface area contributed by atoms with Crippen LogP contribution in [0.2, 0.25) is 0 Å². The van der Waals surface area contributed by atoms with Gasteiger partial charge < -0.3 is 0 Å². The summed E-state index contributed by atoms with van der Waals surface area (Å²) in [6, 6.07) is 0. The Morgan fingerprint density at radius 1 is 0.457 bits per heavy atom. The molecule has 6 rings (SSSR count). The van der Waals surface area contributed by atoms with Gasteiger partial charge in [-0.1, -0.05) is 30.2 Å². The molecule has 0 aliphatic heterocycles. The van der Waals surface area contributed by atoms with E-state index in [1.54, 1.807) is 16.7 Å². The molecule has 0 heteroatoms. The van der Waals surface area contributed by atoms with Crippen LogP contribution >= 0.6 is 0 Å². The molecule has 0 heterocycles. The summed E-state index contributed by atoms with van der Waals surface area (Å²) >= 11 is 0. The quantitative estimate of drug-likeness (QED) is 0.249. The van der Waals surface area contributed by atoms with Gasteiger partial charge in [0.25, 0.3) is 0 Å². The zero-order valence-corrected chi connectivity index (χ0v) is 23.3. The first kappa shape index (κ1) is 22.6. The largest absolute Gasteiger partial charge is 0.0683 e. The second-order valence-corrected chi connectivity index (χ2v) is 11.5. The molecule has 4 aromatic rings. The van der Waals surface area contributed by atoms with E-state index in [0.29, 0.717) is 0 Å². The highest BCUT2D eigenvalue weighted by molar-refractivity contribution is 6.25. The Hall–Kier alpha value is -2.86. The molecule has 0 bridgehead atoms. The van der Waals surface area contributed by atoms with Crippen LogP contribution in [0.1, 0.15) is 87.0 Å². The number of aryl methyl sites for hydroxylation is 6. The molecule has 2 aliphatic rings. The molecule has 178 valence electrons. The van der Waals surface area contributed by atoms with Crippen molar-refractivity contribution < 1.29 is 0 Å². The molecule has 0 fully saturated rings. The van der Waals surface area contributed by atoms with Crippen LogP contribution in [0.3, 0.4) is 0 Å². The smallest absolute Gasteiger partial charge is 0.00516 e. The Kier molecular flexibility index (Phi) is 4.73. The van der Waals surface area contributed by atoms with Crippen molar-refractivity contribution in [2.24, 2.45) is 0 Å². The predicted molar refractivity (Wildman–Crippen MR) is 156 cm³/mol. The van der Waals surface area contributed by atoms with Crippen LogP contribution in [0, 0.1) is 55.4 Å². The molecule has 0 aromatic heterocycles. The minimum atomic E-state index is 1.08. The molecule has 0 unspecified atom stereocenters. The van der Waals surface area contributed by atoms with E-state index < -0.39 is 0 Å². The summed E-state index contributed by atoms with van der Waals surface area (Å²) in [5.41, 5.74) is 20.9. The lowest BCUT2D eigenvalue weighted by atomic mass is 9.78. The van der Waals surface area contributed by atoms with Crippen LogP contribution in [-0.4, -0.2) is 0 Å². The Labute approximate surface area is 210 Å². The van der Waals surface area contributed by atoms with E-state index in [9.17, 15) is 0 Å². The van der Waals surface area contributed by atoms with Gasteiger partial charge in [-0.2, -0.15) is 0 Å². The highest BCUT2D eigenvalue weighted by Gasteiger charge is 2.28. The molecule has 0 radical (unpaired) electrons.